The summed E-state index contributed by atoms with van der Waals surface area (Å²) >= 11 is 0. The normalized spacial score (nSPS) is 11.8. The Balaban J connectivity index is 3.02. The zero-order chi connectivity index (χ0) is 17.8. The number of ether oxygens (including phenoxy) is 1. The minimum atomic E-state index is 0.102. The summed E-state index contributed by atoms with van der Waals surface area (Å²) in [5.74, 6) is 0.786. The van der Waals surface area contributed by atoms with Gasteiger partial charge in [0.15, 0.2) is 6.73 Å². The van der Waals surface area contributed by atoms with Gasteiger partial charge in [0, 0.05) is 13.2 Å². The highest BCUT2D eigenvalue weighted by Gasteiger charge is 2.11. The van der Waals surface area contributed by atoms with Crippen LogP contribution < -0.4 is 4.74 Å². The molecule has 0 saturated carbocycles. The van der Waals surface area contributed by atoms with E-state index in [0.717, 1.165) is 11.4 Å². The van der Waals surface area contributed by atoms with Crippen LogP contribution in [0.5, 0.6) is 5.75 Å². The van der Waals surface area contributed by atoms with Crippen molar-refractivity contribution in [2.24, 2.45) is 4.99 Å². The van der Waals surface area contributed by atoms with Gasteiger partial charge in [-0.25, -0.2) is 0 Å². The molecule has 4 nitrogen and oxygen atoms in total. The number of hydrogen-bond acceptors (Lipinski definition) is 4. The number of nitrogens with zero attached hydrogens (tertiary/aromatic N) is 2. The summed E-state index contributed by atoms with van der Waals surface area (Å²) in [6.07, 6.45) is 7.66. The van der Waals surface area contributed by atoms with Crippen molar-refractivity contribution in [3.8, 4) is 5.75 Å². The zero-order valence-electron chi connectivity index (χ0n) is 14.3. The molecular formula is C20H26N2O2. The molecule has 0 aromatic heterocycles. The van der Waals surface area contributed by atoms with Crippen LogP contribution in [0, 0.1) is 6.92 Å². The molecule has 0 radical (unpaired) electrons. The van der Waals surface area contributed by atoms with E-state index in [0.29, 0.717) is 25.4 Å². The minimum Gasteiger partial charge on any atom is -0.473 e. The van der Waals surface area contributed by atoms with Crippen LogP contribution in [0.2, 0.25) is 0 Å². The van der Waals surface area contributed by atoms with Crippen LogP contribution in [0.3, 0.4) is 0 Å². The molecule has 0 atom stereocenters. The van der Waals surface area contributed by atoms with Gasteiger partial charge >= 0.3 is 0 Å². The maximum Gasteiger partial charge on any atom is 0.161 e. The first-order valence-electron chi connectivity index (χ1n) is 7.84. The molecule has 0 aliphatic rings. The van der Waals surface area contributed by atoms with Gasteiger partial charge in [0.1, 0.15) is 5.75 Å². The molecule has 24 heavy (non-hydrogen) atoms. The molecule has 0 saturated heterocycles. The van der Waals surface area contributed by atoms with Gasteiger partial charge in [0.25, 0.3) is 0 Å². The molecular weight excluding hydrogens is 300 g/mol. The van der Waals surface area contributed by atoms with E-state index in [4.69, 9.17) is 9.84 Å². The second-order valence-electron chi connectivity index (χ2n) is 5.15. The first-order chi connectivity index (χ1) is 11.7. The second-order valence-corrected chi connectivity index (χ2v) is 5.15. The van der Waals surface area contributed by atoms with Crippen LogP contribution in [-0.2, 0) is 0 Å². The topological polar surface area (TPSA) is 45.1 Å². The lowest BCUT2D eigenvalue weighted by Crippen LogP contribution is -2.29. The van der Waals surface area contributed by atoms with E-state index in [9.17, 15) is 0 Å². The fourth-order valence-electron chi connectivity index (χ4n) is 2.07. The SMILES string of the molecule is C=C/C=C\C(=C(/C=C)N=C)N(CCCO)COc1ccc(C)cc1. The molecule has 1 rings (SSSR count). The van der Waals surface area contributed by atoms with Crippen LogP contribution in [0.4, 0.5) is 0 Å². The summed E-state index contributed by atoms with van der Waals surface area (Å²) in [5, 5.41) is 9.17. The number of aliphatic hydroxyl groups is 1. The lowest BCUT2D eigenvalue weighted by atomic mass is 10.2. The van der Waals surface area contributed by atoms with Gasteiger partial charge in [0.2, 0.25) is 0 Å². The molecule has 128 valence electrons. The molecule has 0 aliphatic carbocycles. The predicted octanol–water partition coefficient (Wildman–Crippen LogP) is 3.86. The standard InChI is InChI=1S/C20H26N2O2/c1-5-7-9-20(19(6-2)21-4)22(14-8-15-23)16-24-18-12-10-17(3)11-13-18/h5-7,9-13,23H,1-2,4,8,14-16H2,3H3/b9-7-,20-19-. The summed E-state index contributed by atoms with van der Waals surface area (Å²) in [6, 6.07) is 7.87. The van der Waals surface area contributed by atoms with Gasteiger partial charge in [-0.1, -0.05) is 43.0 Å². The fourth-order valence-corrected chi connectivity index (χ4v) is 2.07. The van der Waals surface area contributed by atoms with Gasteiger partial charge in [-0.15, -0.1) is 0 Å². The van der Waals surface area contributed by atoms with Crippen molar-refractivity contribution >= 4 is 6.72 Å². The van der Waals surface area contributed by atoms with E-state index in [1.165, 1.54) is 5.56 Å². The molecule has 0 fully saturated rings. The Labute approximate surface area is 144 Å². The quantitative estimate of drug-likeness (QED) is 0.381. The third-order valence-corrected chi connectivity index (χ3v) is 3.35. The second kappa shape index (κ2) is 11.0. The highest BCUT2D eigenvalue weighted by Crippen LogP contribution is 2.18. The number of allylic oxidation sites excluding steroid dienone is 4. The van der Waals surface area contributed by atoms with E-state index in [1.807, 2.05) is 48.2 Å². The van der Waals surface area contributed by atoms with E-state index in [1.54, 1.807) is 12.2 Å². The maximum atomic E-state index is 9.17. The zero-order valence-corrected chi connectivity index (χ0v) is 14.3. The van der Waals surface area contributed by atoms with E-state index >= 15 is 0 Å². The molecule has 0 heterocycles. The predicted molar refractivity (Wildman–Crippen MR) is 101 cm³/mol. The van der Waals surface area contributed by atoms with Gasteiger partial charge in [-0.05, 0) is 44.3 Å². The number of aliphatic imine (C=N–C) groups is 1. The average molecular weight is 326 g/mol. The summed E-state index contributed by atoms with van der Waals surface area (Å²) in [5.41, 5.74) is 2.65. The first kappa shape index (κ1) is 19.5. The van der Waals surface area contributed by atoms with Crippen LogP contribution in [-0.4, -0.2) is 36.6 Å². The summed E-state index contributed by atoms with van der Waals surface area (Å²) in [6.45, 7) is 14.2. The Morgan fingerprint density at radius 3 is 2.54 bits per heavy atom. The molecule has 1 N–H and O–H groups in total. The van der Waals surface area contributed by atoms with Gasteiger partial charge in [-0.3, -0.25) is 4.99 Å². The number of aryl methyl sites for hydroxylation is 1. The third kappa shape index (κ3) is 6.26. The van der Waals surface area contributed by atoms with Crippen molar-refractivity contribution in [3.63, 3.8) is 0 Å². The van der Waals surface area contributed by atoms with E-state index in [2.05, 4.69) is 24.9 Å². The van der Waals surface area contributed by atoms with Crippen molar-refractivity contribution in [1.29, 1.82) is 0 Å². The van der Waals surface area contributed by atoms with Crippen molar-refractivity contribution in [3.05, 3.63) is 78.7 Å². The number of benzene rings is 1. The molecule has 1 aromatic carbocycles. The van der Waals surface area contributed by atoms with Gasteiger partial charge in [0.05, 0.1) is 11.4 Å². The summed E-state index contributed by atoms with van der Waals surface area (Å²) < 4.78 is 5.87. The monoisotopic (exact) mass is 326 g/mol. The van der Waals surface area contributed by atoms with Crippen LogP contribution in [0.25, 0.3) is 0 Å². The molecule has 4 heteroatoms. The summed E-state index contributed by atoms with van der Waals surface area (Å²) in [4.78, 5) is 6.01. The Bertz CT molecular complexity index is 591. The molecule has 0 unspecified atom stereocenters. The lowest BCUT2D eigenvalue weighted by Gasteiger charge is -2.26. The number of rotatable bonds is 11. The van der Waals surface area contributed by atoms with Crippen molar-refractivity contribution < 1.29 is 9.84 Å². The Morgan fingerprint density at radius 2 is 2.00 bits per heavy atom. The minimum absolute atomic E-state index is 0.102. The van der Waals surface area contributed by atoms with Crippen molar-refractivity contribution in [1.82, 2.24) is 4.90 Å². The third-order valence-electron chi connectivity index (χ3n) is 3.35. The first-order valence-corrected chi connectivity index (χ1v) is 7.84. The van der Waals surface area contributed by atoms with Gasteiger partial charge < -0.3 is 14.7 Å². The lowest BCUT2D eigenvalue weighted by molar-refractivity contribution is 0.151. The van der Waals surface area contributed by atoms with Crippen molar-refractivity contribution in [2.75, 3.05) is 19.9 Å². The van der Waals surface area contributed by atoms with E-state index < -0.39 is 0 Å². The molecule has 0 amide bonds. The maximum absolute atomic E-state index is 9.17. The highest BCUT2D eigenvalue weighted by molar-refractivity contribution is 5.39. The Kier molecular flexibility index (Phi) is 8.94. The molecule has 1 aromatic rings. The van der Waals surface area contributed by atoms with Crippen LogP contribution in [0.1, 0.15) is 12.0 Å². The Morgan fingerprint density at radius 1 is 1.29 bits per heavy atom. The average Bonchev–Trinajstić information content (AvgIpc) is 2.60. The fraction of sp³-hybridized carbons (Fsp3) is 0.250. The van der Waals surface area contributed by atoms with E-state index in [-0.39, 0.29) is 6.61 Å². The highest BCUT2D eigenvalue weighted by atomic mass is 16.5. The molecule has 0 bridgehead atoms. The van der Waals surface area contributed by atoms with Crippen molar-refractivity contribution in [2.45, 2.75) is 13.3 Å². The number of hydrogen-bond donors (Lipinski definition) is 1. The Hall–Kier alpha value is -2.59. The number of aliphatic hydroxyl groups excluding tert-OH is 1. The summed E-state index contributed by atoms with van der Waals surface area (Å²) in [7, 11) is 0. The molecule has 0 aliphatic heterocycles. The van der Waals surface area contributed by atoms with Gasteiger partial charge in [-0.2, -0.15) is 0 Å². The smallest absolute Gasteiger partial charge is 0.161 e. The van der Waals surface area contributed by atoms with Crippen LogP contribution >= 0.6 is 0 Å². The molecule has 0 spiro atoms. The van der Waals surface area contributed by atoms with Crippen LogP contribution in [0.15, 0.2) is 78.1 Å². The largest absolute Gasteiger partial charge is 0.473 e.